The SMILES string of the molecule is NC(=O)c1cccc(-c2nccc3n[nH]c(C4CCCCC4)c23)c1. The molecule has 1 aliphatic rings. The molecule has 0 aliphatic heterocycles. The monoisotopic (exact) mass is 320 g/mol. The summed E-state index contributed by atoms with van der Waals surface area (Å²) in [6.45, 7) is 0. The smallest absolute Gasteiger partial charge is 0.248 e. The van der Waals surface area contributed by atoms with E-state index in [0.29, 0.717) is 11.5 Å². The molecule has 5 heteroatoms. The number of hydrogen-bond donors (Lipinski definition) is 2. The lowest BCUT2D eigenvalue weighted by molar-refractivity contribution is 0.100. The summed E-state index contributed by atoms with van der Waals surface area (Å²) in [7, 11) is 0. The molecule has 0 spiro atoms. The third kappa shape index (κ3) is 2.56. The van der Waals surface area contributed by atoms with Crippen molar-refractivity contribution in [3.63, 3.8) is 0 Å². The van der Waals surface area contributed by atoms with Crippen molar-refractivity contribution in [3.05, 3.63) is 47.8 Å². The molecule has 0 saturated heterocycles. The first-order valence-corrected chi connectivity index (χ1v) is 8.47. The Balaban J connectivity index is 1.87. The van der Waals surface area contributed by atoms with Crippen molar-refractivity contribution in [2.24, 2.45) is 5.73 Å². The molecule has 5 nitrogen and oxygen atoms in total. The number of hydrogen-bond acceptors (Lipinski definition) is 3. The quantitative estimate of drug-likeness (QED) is 0.770. The number of rotatable bonds is 3. The number of nitrogens with two attached hydrogens (primary N) is 1. The number of nitrogens with zero attached hydrogens (tertiary/aromatic N) is 2. The Morgan fingerprint density at radius 2 is 2.00 bits per heavy atom. The standard InChI is InChI=1S/C19H20N4O/c20-19(24)14-8-4-7-13(11-14)17-16-15(9-10-21-17)22-23-18(16)12-5-2-1-3-6-12/h4,7-12H,1-3,5-6H2,(H2,20,24)(H,22,23). The van der Waals surface area contributed by atoms with Crippen molar-refractivity contribution < 1.29 is 4.79 Å². The van der Waals surface area contributed by atoms with E-state index in [1.54, 1.807) is 12.3 Å². The Kier molecular flexibility index (Phi) is 3.76. The van der Waals surface area contributed by atoms with Crippen LogP contribution in [0, 0.1) is 0 Å². The summed E-state index contributed by atoms with van der Waals surface area (Å²) in [6, 6.07) is 9.27. The summed E-state index contributed by atoms with van der Waals surface area (Å²) >= 11 is 0. The van der Waals surface area contributed by atoms with E-state index in [0.717, 1.165) is 22.2 Å². The zero-order chi connectivity index (χ0) is 16.5. The van der Waals surface area contributed by atoms with Gasteiger partial charge in [0.05, 0.1) is 11.2 Å². The van der Waals surface area contributed by atoms with E-state index in [2.05, 4.69) is 15.2 Å². The van der Waals surface area contributed by atoms with E-state index in [-0.39, 0.29) is 0 Å². The molecule has 3 aromatic rings. The van der Waals surface area contributed by atoms with Crippen LogP contribution in [-0.4, -0.2) is 21.1 Å². The maximum atomic E-state index is 11.5. The fourth-order valence-electron chi connectivity index (χ4n) is 3.71. The first-order chi connectivity index (χ1) is 11.7. The highest BCUT2D eigenvalue weighted by Gasteiger charge is 2.22. The zero-order valence-corrected chi connectivity index (χ0v) is 13.5. The van der Waals surface area contributed by atoms with Gasteiger partial charge in [0.15, 0.2) is 0 Å². The lowest BCUT2D eigenvalue weighted by Crippen LogP contribution is -2.10. The van der Waals surface area contributed by atoms with E-state index >= 15 is 0 Å². The van der Waals surface area contributed by atoms with Crippen LogP contribution in [0.3, 0.4) is 0 Å². The number of carbonyl (C=O) groups excluding carboxylic acids is 1. The van der Waals surface area contributed by atoms with Crippen LogP contribution in [0.15, 0.2) is 36.5 Å². The Morgan fingerprint density at radius 1 is 1.17 bits per heavy atom. The minimum atomic E-state index is -0.427. The van der Waals surface area contributed by atoms with Crippen molar-refractivity contribution >= 4 is 16.8 Å². The molecular weight excluding hydrogens is 300 g/mol. The van der Waals surface area contributed by atoms with Gasteiger partial charge in [-0.2, -0.15) is 5.10 Å². The minimum Gasteiger partial charge on any atom is -0.366 e. The number of aromatic nitrogens is 3. The highest BCUT2D eigenvalue weighted by atomic mass is 16.1. The second kappa shape index (κ2) is 6.07. The van der Waals surface area contributed by atoms with Crippen LogP contribution in [0.5, 0.6) is 0 Å². The first kappa shape index (κ1) is 14.9. The molecule has 0 radical (unpaired) electrons. The minimum absolute atomic E-state index is 0.427. The van der Waals surface area contributed by atoms with Crippen LogP contribution in [0.25, 0.3) is 22.2 Å². The van der Waals surface area contributed by atoms with Crippen molar-refractivity contribution in [1.29, 1.82) is 0 Å². The predicted molar refractivity (Wildman–Crippen MR) is 93.7 cm³/mol. The summed E-state index contributed by atoms with van der Waals surface area (Å²) < 4.78 is 0. The van der Waals surface area contributed by atoms with Crippen molar-refractivity contribution in [2.75, 3.05) is 0 Å². The molecule has 1 amide bonds. The largest absolute Gasteiger partial charge is 0.366 e. The summed E-state index contributed by atoms with van der Waals surface area (Å²) in [4.78, 5) is 16.1. The van der Waals surface area contributed by atoms with Crippen molar-refractivity contribution in [3.8, 4) is 11.3 Å². The lowest BCUT2D eigenvalue weighted by Gasteiger charge is -2.21. The number of amides is 1. The molecule has 0 atom stereocenters. The van der Waals surface area contributed by atoms with Gasteiger partial charge in [-0.05, 0) is 31.0 Å². The third-order valence-corrected chi connectivity index (χ3v) is 4.93. The highest BCUT2D eigenvalue weighted by Crippen LogP contribution is 2.38. The molecule has 1 aromatic carbocycles. The van der Waals surface area contributed by atoms with Crippen LogP contribution >= 0.6 is 0 Å². The number of fused-ring (bicyclic) bond motifs is 1. The summed E-state index contributed by atoms with van der Waals surface area (Å²) in [6.07, 6.45) is 7.98. The Morgan fingerprint density at radius 3 is 2.79 bits per heavy atom. The molecule has 24 heavy (non-hydrogen) atoms. The number of aromatic amines is 1. The highest BCUT2D eigenvalue weighted by molar-refractivity contribution is 5.98. The number of primary amides is 1. The van der Waals surface area contributed by atoms with Crippen LogP contribution < -0.4 is 5.73 Å². The molecule has 4 rings (SSSR count). The average Bonchev–Trinajstić information content (AvgIpc) is 3.07. The summed E-state index contributed by atoms with van der Waals surface area (Å²) in [5.74, 6) is 0.0785. The van der Waals surface area contributed by atoms with E-state index in [1.165, 1.54) is 37.8 Å². The number of H-pyrrole nitrogens is 1. The second-order valence-electron chi connectivity index (χ2n) is 6.47. The molecule has 1 aliphatic carbocycles. The lowest BCUT2D eigenvalue weighted by atomic mass is 9.85. The molecule has 0 bridgehead atoms. The molecular formula is C19H20N4O. The van der Waals surface area contributed by atoms with E-state index in [4.69, 9.17) is 5.73 Å². The molecule has 2 heterocycles. The molecule has 1 fully saturated rings. The van der Waals surface area contributed by atoms with Gasteiger partial charge in [0, 0.05) is 34.3 Å². The van der Waals surface area contributed by atoms with Crippen molar-refractivity contribution in [2.45, 2.75) is 38.0 Å². The summed E-state index contributed by atoms with van der Waals surface area (Å²) in [5.41, 5.74) is 9.78. The molecule has 0 unspecified atom stereocenters. The molecule has 1 saturated carbocycles. The third-order valence-electron chi connectivity index (χ3n) is 4.93. The van der Waals surface area contributed by atoms with Gasteiger partial charge in [0.25, 0.3) is 0 Å². The van der Waals surface area contributed by atoms with Crippen LogP contribution in [-0.2, 0) is 0 Å². The molecule has 2 aromatic heterocycles. The van der Waals surface area contributed by atoms with Gasteiger partial charge >= 0.3 is 0 Å². The molecule has 122 valence electrons. The number of nitrogens with one attached hydrogen (secondary N) is 1. The van der Waals surface area contributed by atoms with Gasteiger partial charge in [-0.25, -0.2) is 0 Å². The van der Waals surface area contributed by atoms with Crippen LogP contribution in [0.4, 0.5) is 0 Å². The van der Waals surface area contributed by atoms with Gasteiger partial charge in [0.1, 0.15) is 0 Å². The van der Waals surface area contributed by atoms with Gasteiger partial charge in [-0.15, -0.1) is 0 Å². The van der Waals surface area contributed by atoms with Crippen LogP contribution in [0.2, 0.25) is 0 Å². The molecule has 3 N–H and O–H groups in total. The Labute approximate surface area is 140 Å². The predicted octanol–water partition coefficient (Wildman–Crippen LogP) is 3.77. The average molecular weight is 320 g/mol. The Hall–Kier alpha value is -2.69. The van der Waals surface area contributed by atoms with Crippen molar-refractivity contribution in [1.82, 2.24) is 15.2 Å². The normalized spacial score (nSPS) is 15.7. The maximum absolute atomic E-state index is 11.5. The number of carbonyl (C=O) groups is 1. The van der Waals surface area contributed by atoms with Gasteiger partial charge in [0.2, 0.25) is 5.91 Å². The fraction of sp³-hybridized carbons (Fsp3) is 0.316. The van der Waals surface area contributed by atoms with Gasteiger partial charge < -0.3 is 5.73 Å². The van der Waals surface area contributed by atoms with Crippen LogP contribution in [0.1, 0.15) is 54.1 Å². The topological polar surface area (TPSA) is 84.7 Å². The number of benzene rings is 1. The van der Waals surface area contributed by atoms with E-state index < -0.39 is 5.91 Å². The maximum Gasteiger partial charge on any atom is 0.248 e. The summed E-state index contributed by atoms with van der Waals surface area (Å²) in [5, 5.41) is 8.81. The van der Waals surface area contributed by atoms with Gasteiger partial charge in [-0.3, -0.25) is 14.9 Å². The number of pyridine rings is 1. The zero-order valence-electron chi connectivity index (χ0n) is 13.5. The first-order valence-electron chi connectivity index (χ1n) is 8.47. The van der Waals surface area contributed by atoms with Gasteiger partial charge in [-0.1, -0.05) is 31.4 Å². The van der Waals surface area contributed by atoms with E-state index in [9.17, 15) is 4.79 Å². The fourth-order valence-corrected chi connectivity index (χ4v) is 3.71. The Bertz CT molecular complexity index is 893. The van der Waals surface area contributed by atoms with E-state index in [1.807, 2.05) is 24.3 Å². The second-order valence-corrected chi connectivity index (χ2v) is 6.47.